The van der Waals surface area contributed by atoms with Gasteiger partial charge in [-0.25, -0.2) is 0 Å². The van der Waals surface area contributed by atoms with Crippen molar-refractivity contribution in [3.05, 3.63) is 57.8 Å². The number of thiocarbonyl (C=S) groups is 1. The molecule has 0 aliphatic rings. The highest BCUT2D eigenvalue weighted by molar-refractivity contribution is 7.80. The smallest absolute Gasteiger partial charge is 0.167 e. The summed E-state index contributed by atoms with van der Waals surface area (Å²) in [5.41, 5.74) is 2.60. The lowest BCUT2D eigenvalue weighted by Gasteiger charge is -2.20. The first-order valence-corrected chi connectivity index (χ1v) is 8.58. The molecule has 1 atom stereocenters. The van der Waals surface area contributed by atoms with Crippen LogP contribution in [0.25, 0.3) is 0 Å². The summed E-state index contributed by atoms with van der Waals surface area (Å²) in [5, 5.41) is 9.38. The van der Waals surface area contributed by atoms with Crippen molar-refractivity contribution in [2.75, 3.05) is 6.54 Å². The fourth-order valence-corrected chi connectivity index (χ4v) is 3.25. The summed E-state index contributed by atoms with van der Waals surface area (Å²) < 4.78 is 0. The molecule has 1 aromatic carbocycles. The molecule has 2 N–H and O–H groups in total. The Labute approximate surface area is 136 Å². The van der Waals surface area contributed by atoms with Gasteiger partial charge >= 0.3 is 0 Å². The van der Waals surface area contributed by atoms with E-state index in [2.05, 4.69) is 66.3 Å². The van der Waals surface area contributed by atoms with Crippen molar-refractivity contribution in [1.82, 2.24) is 10.6 Å². The number of benzene rings is 1. The van der Waals surface area contributed by atoms with Crippen LogP contribution >= 0.6 is 23.6 Å². The fraction of sp³-hybridized carbons (Fsp3) is 0.353. The average molecular weight is 319 g/mol. The van der Waals surface area contributed by atoms with Crippen molar-refractivity contribution in [2.24, 2.45) is 0 Å². The lowest BCUT2D eigenvalue weighted by Crippen LogP contribution is -2.37. The maximum Gasteiger partial charge on any atom is 0.167 e. The van der Waals surface area contributed by atoms with Crippen molar-refractivity contribution in [1.29, 1.82) is 0 Å². The topological polar surface area (TPSA) is 24.1 Å². The first-order chi connectivity index (χ1) is 10.1. The summed E-state index contributed by atoms with van der Waals surface area (Å²) in [4.78, 5) is 1.27. The van der Waals surface area contributed by atoms with E-state index in [-0.39, 0.29) is 6.04 Å². The molecule has 112 valence electrons. The van der Waals surface area contributed by atoms with Gasteiger partial charge in [-0.2, -0.15) is 0 Å². The van der Waals surface area contributed by atoms with Crippen molar-refractivity contribution in [3.63, 3.8) is 0 Å². The number of hydrogen-bond donors (Lipinski definition) is 2. The van der Waals surface area contributed by atoms with Crippen LogP contribution in [-0.4, -0.2) is 11.7 Å². The van der Waals surface area contributed by atoms with Gasteiger partial charge in [0.15, 0.2) is 5.11 Å². The Balaban J connectivity index is 2.24. The van der Waals surface area contributed by atoms with Crippen LogP contribution < -0.4 is 10.6 Å². The third-order valence-electron chi connectivity index (χ3n) is 3.38. The van der Waals surface area contributed by atoms with Crippen molar-refractivity contribution in [2.45, 2.75) is 32.7 Å². The molecule has 2 aromatic rings. The Hall–Kier alpha value is -1.39. The molecule has 4 heteroatoms. The van der Waals surface area contributed by atoms with Crippen molar-refractivity contribution >= 4 is 28.7 Å². The van der Waals surface area contributed by atoms with Gasteiger partial charge < -0.3 is 10.6 Å². The van der Waals surface area contributed by atoms with Gasteiger partial charge in [0.25, 0.3) is 0 Å². The summed E-state index contributed by atoms with van der Waals surface area (Å²) in [5.74, 6) is 0.551. The van der Waals surface area contributed by atoms with Gasteiger partial charge in [-0.15, -0.1) is 11.3 Å². The Morgan fingerprint density at radius 1 is 1.14 bits per heavy atom. The molecule has 0 saturated carbocycles. The second kappa shape index (κ2) is 7.57. The zero-order valence-electron chi connectivity index (χ0n) is 12.7. The highest BCUT2D eigenvalue weighted by atomic mass is 32.1. The summed E-state index contributed by atoms with van der Waals surface area (Å²) in [7, 11) is 0. The molecule has 0 aliphatic heterocycles. The lowest BCUT2D eigenvalue weighted by molar-refractivity contribution is 0.753. The maximum atomic E-state index is 5.35. The van der Waals surface area contributed by atoms with E-state index in [1.54, 1.807) is 11.3 Å². The Morgan fingerprint density at radius 2 is 1.81 bits per heavy atom. The van der Waals surface area contributed by atoms with E-state index in [4.69, 9.17) is 12.2 Å². The summed E-state index contributed by atoms with van der Waals surface area (Å²) >= 11 is 7.10. The van der Waals surface area contributed by atoms with Gasteiger partial charge in [0.05, 0.1) is 6.04 Å². The predicted molar refractivity (Wildman–Crippen MR) is 96.1 cm³/mol. The average Bonchev–Trinajstić information content (AvgIpc) is 2.99. The Kier molecular flexibility index (Phi) is 5.76. The van der Waals surface area contributed by atoms with Gasteiger partial charge in [-0.05, 0) is 47.6 Å². The lowest BCUT2D eigenvalue weighted by atomic mass is 9.98. The molecule has 0 fully saturated rings. The fourth-order valence-electron chi connectivity index (χ4n) is 2.19. The maximum absolute atomic E-state index is 5.35. The molecular formula is C17H22N2S2. The Bertz CT molecular complexity index is 559. The van der Waals surface area contributed by atoms with E-state index in [9.17, 15) is 0 Å². The predicted octanol–water partition coefficient (Wildman–Crippen LogP) is 4.44. The molecule has 0 aliphatic carbocycles. The van der Waals surface area contributed by atoms with Gasteiger partial charge in [-0.3, -0.25) is 0 Å². The SMILES string of the molecule is CCNC(=S)N[C@H](c1ccc(C(C)C)cc1)c1cccs1. The highest BCUT2D eigenvalue weighted by Crippen LogP contribution is 2.27. The second-order valence-electron chi connectivity index (χ2n) is 5.27. The Morgan fingerprint density at radius 3 is 2.33 bits per heavy atom. The normalized spacial score (nSPS) is 12.2. The van der Waals surface area contributed by atoms with Gasteiger partial charge in [0.1, 0.15) is 0 Å². The zero-order chi connectivity index (χ0) is 15.2. The number of nitrogens with one attached hydrogen (secondary N) is 2. The summed E-state index contributed by atoms with van der Waals surface area (Å²) in [6.07, 6.45) is 0. The van der Waals surface area contributed by atoms with Gasteiger partial charge in [0.2, 0.25) is 0 Å². The minimum atomic E-state index is 0.109. The minimum Gasteiger partial charge on any atom is -0.363 e. The van der Waals surface area contributed by atoms with Crippen LogP contribution in [0.3, 0.4) is 0 Å². The molecule has 0 radical (unpaired) electrons. The van der Waals surface area contributed by atoms with Crippen LogP contribution in [0.4, 0.5) is 0 Å². The first-order valence-electron chi connectivity index (χ1n) is 7.29. The van der Waals surface area contributed by atoms with Crippen LogP contribution in [-0.2, 0) is 0 Å². The standard InChI is InChI=1S/C17H22N2S2/c1-4-18-17(20)19-16(15-6-5-11-21-15)14-9-7-13(8-10-14)12(2)3/h5-12,16H,4H2,1-3H3,(H2,18,19,20)/t16-/m1/s1. The molecular weight excluding hydrogens is 296 g/mol. The number of thiophene rings is 1. The second-order valence-corrected chi connectivity index (χ2v) is 6.66. The molecule has 1 heterocycles. The van der Waals surface area contributed by atoms with Crippen LogP contribution in [0.15, 0.2) is 41.8 Å². The molecule has 0 saturated heterocycles. The van der Waals surface area contributed by atoms with E-state index in [0.29, 0.717) is 11.0 Å². The molecule has 21 heavy (non-hydrogen) atoms. The van der Waals surface area contributed by atoms with Crippen LogP contribution in [0.1, 0.15) is 48.7 Å². The monoisotopic (exact) mass is 318 g/mol. The van der Waals surface area contributed by atoms with Crippen molar-refractivity contribution < 1.29 is 0 Å². The quantitative estimate of drug-likeness (QED) is 0.797. The van der Waals surface area contributed by atoms with E-state index in [1.165, 1.54) is 16.0 Å². The number of hydrogen-bond acceptors (Lipinski definition) is 2. The first kappa shape index (κ1) is 16.0. The molecule has 1 aromatic heterocycles. The number of rotatable bonds is 5. The van der Waals surface area contributed by atoms with Crippen LogP contribution in [0.2, 0.25) is 0 Å². The van der Waals surface area contributed by atoms with Gasteiger partial charge in [0, 0.05) is 11.4 Å². The summed E-state index contributed by atoms with van der Waals surface area (Å²) in [6, 6.07) is 13.1. The van der Waals surface area contributed by atoms with E-state index < -0.39 is 0 Å². The third kappa shape index (κ3) is 4.29. The molecule has 0 bridgehead atoms. The van der Waals surface area contributed by atoms with Gasteiger partial charge in [-0.1, -0.05) is 44.2 Å². The van der Waals surface area contributed by atoms with Crippen molar-refractivity contribution in [3.8, 4) is 0 Å². The van der Waals surface area contributed by atoms with Crippen LogP contribution in [0.5, 0.6) is 0 Å². The highest BCUT2D eigenvalue weighted by Gasteiger charge is 2.16. The molecule has 0 spiro atoms. The van der Waals surface area contributed by atoms with E-state index in [1.807, 2.05) is 6.92 Å². The third-order valence-corrected chi connectivity index (χ3v) is 4.58. The largest absolute Gasteiger partial charge is 0.363 e. The van der Waals surface area contributed by atoms with E-state index >= 15 is 0 Å². The minimum absolute atomic E-state index is 0.109. The molecule has 0 amide bonds. The molecule has 0 unspecified atom stereocenters. The summed E-state index contributed by atoms with van der Waals surface area (Å²) in [6.45, 7) is 7.30. The molecule has 2 rings (SSSR count). The zero-order valence-corrected chi connectivity index (χ0v) is 14.4. The molecule has 2 nitrogen and oxygen atoms in total. The van der Waals surface area contributed by atoms with E-state index in [0.717, 1.165) is 6.54 Å². The van der Waals surface area contributed by atoms with Crippen LogP contribution in [0, 0.1) is 0 Å².